The number of carbonyl (C=O) groups is 2. The van der Waals surface area contributed by atoms with Crippen molar-refractivity contribution in [2.45, 2.75) is 19.4 Å². The van der Waals surface area contributed by atoms with E-state index in [0.29, 0.717) is 11.4 Å². The number of nitrogens with zero attached hydrogens (tertiary/aromatic N) is 2. The molecular weight excluding hydrogens is 374 g/mol. The van der Waals surface area contributed by atoms with Crippen LogP contribution < -0.4 is 15.4 Å². The Bertz CT molecular complexity index is 1030. The van der Waals surface area contributed by atoms with E-state index in [0.717, 1.165) is 22.7 Å². The van der Waals surface area contributed by atoms with E-state index >= 15 is 0 Å². The fourth-order valence-corrected chi connectivity index (χ4v) is 4.02. The Labute approximate surface area is 166 Å². The molecule has 0 fully saturated rings. The predicted octanol–water partition coefficient (Wildman–Crippen LogP) is 3.00. The van der Waals surface area contributed by atoms with Gasteiger partial charge in [0.05, 0.1) is 16.4 Å². The summed E-state index contributed by atoms with van der Waals surface area (Å²) in [4.78, 5) is 30.0. The van der Waals surface area contributed by atoms with Crippen molar-refractivity contribution in [2.75, 3.05) is 11.4 Å². The molecule has 1 unspecified atom stereocenters. The summed E-state index contributed by atoms with van der Waals surface area (Å²) in [6, 6.07) is 15.7. The highest BCUT2D eigenvalue weighted by atomic mass is 32.1. The molecule has 1 aliphatic heterocycles. The predicted molar refractivity (Wildman–Crippen MR) is 108 cm³/mol. The van der Waals surface area contributed by atoms with Crippen LogP contribution in [0.5, 0.6) is 5.75 Å². The number of amides is 2. The Hall–Kier alpha value is -3.19. The summed E-state index contributed by atoms with van der Waals surface area (Å²) in [6.45, 7) is 1.47. The maximum absolute atomic E-state index is 12.5. The van der Waals surface area contributed by atoms with Crippen molar-refractivity contribution < 1.29 is 14.3 Å². The van der Waals surface area contributed by atoms with Crippen LogP contribution in [0.4, 0.5) is 5.69 Å². The minimum atomic E-state index is -0.658. The van der Waals surface area contributed by atoms with Gasteiger partial charge in [-0.25, -0.2) is 4.98 Å². The molecular formula is C21H19N3O3S. The standard InChI is InChI=1S/C21H19N3O3S/c1-13-21(26)24(11-19(22)25)17-10-15(7-8-18(17)27-13)16-12-28-20(23-16)9-14-5-3-2-4-6-14/h2-8,10,12-13H,9,11H2,1H3,(H2,22,25). The lowest BCUT2D eigenvalue weighted by Crippen LogP contribution is -2.47. The molecule has 0 radical (unpaired) electrons. The van der Waals surface area contributed by atoms with Crippen molar-refractivity contribution in [3.8, 4) is 17.0 Å². The van der Waals surface area contributed by atoms with Gasteiger partial charge in [-0.2, -0.15) is 0 Å². The number of rotatable bonds is 5. The first-order valence-corrected chi connectivity index (χ1v) is 9.78. The Morgan fingerprint density at radius 2 is 2.04 bits per heavy atom. The fraction of sp³-hybridized carbons (Fsp3) is 0.190. The Balaban J connectivity index is 1.64. The number of primary amides is 1. The molecule has 0 aliphatic carbocycles. The van der Waals surface area contributed by atoms with E-state index in [4.69, 9.17) is 15.5 Å². The number of ether oxygens (including phenoxy) is 1. The average Bonchev–Trinajstić information content (AvgIpc) is 3.14. The number of thiazole rings is 1. The number of fused-ring (bicyclic) bond motifs is 1. The number of nitrogens with two attached hydrogens (primary N) is 1. The van der Waals surface area contributed by atoms with Gasteiger partial charge in [0, 0.05) is 17.4 Å². The van der Waals surface area contributed by atoms with Crippen LogP contribution in [0, 0.1) is 0 Å². The summed E-state index contributed by atoms with van der Waals surface area (Å²) in [7, 11) is 0. The van der Waals surface area contributed by atoms with Crippen LogP contribution in [0.3, 0.4) is 0 Å². The number of carbonyl (C=O) groups excluding carboxylic acids is 2. The third kappa shape index (κ3) is 3.61. The molecule has 7 heteroatoms. The van der Waals surface area contributed by atoms with E-state index in [-0.39, 0.29) is 12.5 Å². The van der Waals surface area contributed by atoms with Gasteiger partial charge >= 0.3 is 0 Å². The van der Waals surface area contributed by atoms with Crippen LogP contribution in [0.15, 0.2) is 53.9 Å². The summed E-state index contributed by atoms with van der Waals surface area (Å²) in [5, 5.41) is 3.00. The molecule has 3 aromatic rings. The molecule has 0 saturated heterocycles. The van der Waals surface area contributed by atoms with E-state index in [1.807, 2.05) is 35.7 Å². The number of hydrogen-bond acceptors (Lipinski definition) is 5. The normalized spacial score (nSPS) is 15.8. The molecule has 1 aromatic heterocycles. The van der Waals surface area contributed by atoms with Gasteiger partial charge in [-0.15, -0.1) is 11.3 Å². The molecule has 0 bridgehead atoms. The highest BCUT2D eigenvalue weighted by Gasteiger charge is 2.32. The van der Waals surface area contributed by atoms with E-state index in [1.165, 1.54) is 10.5 Å². The molecule has 1 atom stereocenters. The van der Waals surface area contributed by atoms with E-state index < -0.39 is 12.0 Å². The van der Waals surface area contributed by atoms with Gasteiger partial charge in [-0.1, -0.05) is 30.3 Å². The van der Waals surface area contributed by atoms with Crippen LogP contribution in [0.25, 0.3) is 11.3 Å². The lowest BCUT2D eigenvalue weighted by molar-refractivity contribution is -0.127. The zero-order valence-corrected chi connectivity index (χ0v) is 16.1. The minimum Gasteiger partial charge on any atom is -0.479 e. The minimum absolute atomic E-state index is 0.181. The van der Waals surface area contributed by atoms with Gasteiger partial charge in [-0.3, -0.25) is 14.5 Å². The Kier molecular flexibility index (Phi) is 4.83. The average molecular weight is 393 g/mol. The van der Waals surface area contributed by atoms with Crippen molar-refractivity contribution in [2.24, 2.45) is 5.73 Å². The van der Waals surface area contributed by atoms with Gasteiger partial charge in [0.15, 0.2) is 6.10 Å². The van der Waals surface area contributed by atoms with Gasteiger partial charge in [-0.05, 0) is 30.7 Å². The highest BCUT2D eigenvalue weighted by molar-refractivity contribution is 7.10. The second-order valence-electron chi connectivity index (χ2n) is 6.62. The van der Waals surface area contributed by atoms with Crippen LogP contribution in [0.1, 0.15) is 17.5 Å². The topological polar surface area (TPSA) is 85.5 Å². The van der Waals surface area contributed by atoms with Gasteiger partial charge in [0.2, 0.25) is 5.91 Å². The largest absolute Gasteiger partial charge is 0.479 e. The van der Waals surface area contributed by atoms with E-state index in [2.05, 4.69) is 12.1 Å². The molecule has 2 N–H and O–H groups in total. The van der Waals surface area contributed by atoms with Crippen molar-refractivity contribution in [1.29, 1.82) is 0 Å². The maximum atomic E-state index is 12.5. The van der Waals surface area contributed by atoms with Crippen molar-refractivity contribution >= 4 is 28.8 Å². The zero-order valence-electron chi connectivity index (χ0n) is 15.3. The number of benzene rings is 2. The lowest BCUT2D eigenvalue weighted by Gasteiger charge is -2.32. The smallest absolute Gasteiger partial charge is 0.268 e. The summed E-state index contributed by atoms with van der Waals surface area (Å²) in [5.74, 6) is -0.305. The summed E-state index contributed by atoms with van der Waals surface area (Å²) in [6.07, 6.45) is 0.109. The molecule has 2 aromatic carbocycles. The van der Waals surface area contributed by atoms with Crippen LogP contribution in [0.2, 0.25) is 0 Å². The summed E-state index contributed by atoms with van der Waals surface area (Å²) >= 11 is 1.59. The zero-order chi connectivity index (χ0) is 19.7. The monoisotopic (exact) mass is 393 g/mol. The first kappa shape index (κ1) is 18.2. The van der Waals surface area contributed by atoms with Crippen molar-refractivity contribution in [3.63, 3.8) is 0 Å². The molecule has 6 nitrogen and oxygen atoms in total. The van der Waals surface area contributed by atoms with Crippen LogP contribution >= 0.6 is 11.3 Å². The SMILES string of the molecule is CC1Oc2ccc(-c3csc(Cc4ccccc4)n3)cc2N(CC(N)=O)C1=O. The first-order chi connectivity index (χ1) is 13.5. The van der Waals surface area contributed by atoms with Gasteiger partial charge in [0.25, 0.3) is 5.91 Å². The number of hydrogen-bond donors (Lipinski definition) is 1. The number of anilines is 1. The molecule has 142 valence electrons. The third-order valence-electron chi connectivity index (χ3n) is 4.53. The second kappa shape index (κ2) is 7.44. The van der Waals surface area contributed by atoms with Crippen molar-refractivity contribution in [3.05, 3.63) is 64.5 Å². The molecule has 28 heavy (non-hydrogen) atoms. The maximum Gasteiger partial charge on any atom is 0.268 e. The van der Waals surface area contributed by atoms with Crippen LogP contribution in [-0.2, 0) is 16.0 Å². The summed E-state index contributed by atoms with van der Waals surface area (Å²) in [5.41, 5.74) is 8.75. The molecule has 2 heterocycles. The van der Waals surface area contributed by atoms with Gasteiger partial charge < -0.3 is 10.5 Å². The van der Waals surface area contributed by atoms with E-state index in [9.17, 15) is 9.59 Å². The first-order valence-electron chi connectivity index (χ1n) is 8.90. The molecule has 4 rings (SSSR count). The summed E-state index contributed by atoms with van der Waals surface area (Å²) < 4.78 is 5.67. The lowest BCUT2D eigenvalue weighted by atomic mass is 10.1. The fourth-order valence-electron chi connectivity index (χ4n) is 3.18. The van der Waals surface area contributed by atoms with Gasteiger partial charge in [0.1, 0.15) is 12.3 Å². The third-order valence-corrected chi connectivity index (χ3v) is 5.38. The van der Waals surface area contributed by atoms with Crippen LogP contribution in [-0.4, -0.2) is 29.4 Å². The molecule has 1 aliphatic rings. The molecule has 0 spiro atoms. The Morgan fingerprint density at radius 1 is 1.25 bits per heavy atom. The van der Waals surface area contributed by atoms with E-state index in [1.54, 1.807) is 24.3 Å². The Morgan fingerprint density at radius 3 is 2.79 bits per heavy atom. The second-order valence-corrected chi connectivity index (χ2v) is 7.56. The molecule has 2 amide bonds. The van der Waals surface area contributed by atoms with Crippen molar-refractivity contribution in [1.82, 2.24) is 4.98 Å². The number of aromatic nitrogens is 1. The quantitative estimate of drug-likeness (QED) is 0.722. The molecule has 0 saturated carbocycles. The highest BCUT2D eigenvalue weighted by Crippen LogP contribution is 2.37.